The smallest absolute Gasteiger partial charge is 0.420 e. The van der Waals surface area contributed by atoms with Gasteiger partial charge in [-0.1, -0.05) is 0 Å². The highest BCUT2D eigenvalue weighted by molar-refractivity contribution is 5.56. The van der Waals surface area contributed by atoms with E-state index in [9.17, 15) is 52.7 Å². The van der Waals surface area contributed by atoms with Crippen molar-refractivity contribution in [2.24, 2.45) is 0 Å². The van der Waals surface area contributed by atoms with E-state index >= 15 is 4.39 Å². The molecule has 17 heteroatoms. The number of benzene rings is 3. The predicted octanol–water partition coefficient (Wildman–Crippen LogP) is 8.05. The predicted molar refractivity (Wildman–Crippen MR) is 103 cm³/mol. The number of hydrogen-bond donors (Lipinski definition) is 2. The summed E-state index contributed by atoms with van der Waals surface area (Å²) in [6.07, 6.45) is -16.6. The molecule has 0 amide bonds. The largest absolute Gasteiger partial charge is 0.453 e. The van der Waals surface area contributed by atoms with Crippen LogP contribution >= 0.6 is 0 Å². The molecule has 3 aromatic rings. The topological polar surface area (TPSA) is 70.5 Å². The van der Waals surface area contributed by atoms with E-state index in [-0.39, 0.29) is 24.3 Å². The van der Waals surface area contributed by atoms with Crippen LogP contribution in [0.2, 0.25) is 0 Å². The van der Waals surface area contributed by atoms with E-state index in [4.69, 9.17) is 11.5 Å². The number of anilines is 2. The molecular formula is C21H9F13N2O2. The van der Waals surface area contributed by atoms with E-state index < -0.39 is 98.9 Å². The Kier molecular flexibility index (Phi) is 7.02. The van der Waals surface area contributed by atoms with Crippen molar-refractivity contribution in [3.8, 4) is 23.0 Å². The SMILES string of the molecule is Nc1cc(Oc2c(F)cc(C(F)(F)F)c(Oc3cc(N)c(F)cc3C(F)(F)F)c2F)c(C(F)(F)F)cc1F. The van der Waals surface area contributed by atoms with E-state index in [1.54, 1.807) is 0 Å². The molecular weight excluding hydrogens is 559 g/mol. The summed E-state index contributed by atoms with van der Waals surface area (Å²) in [5.41, 5.74) is 1.68. The van der Waals surface area contributed by atoms with Gasteiger partial charge in [0.25, 0.3) is 0 Å². The molecule has 38 heavy (non-hydrogen) atoms. The molecule has 4 nitrogen and oxygen atoms in total. The van der Waals surface area contributed by atoms with Crippen molar-refractivity contribution in [1.82, 2.24) is 0 Å². The molecule has 0 aromatic heterocycles. The van der Waals surface area contributed by atoms with Gasteiger partial charge in [0.1, 0.15) is 39.8 Å². The molecule has 0 fully saturated rings. The summed E-state index contributed by atoms with van der Waals surface area (Å²) >= 11 is 0. The number of nitrogens with two attached hydrogens (primary N) is 2. The summed E-state index contributed by atoms with van der Waals surface area (Å²) in [6, 6.07) is -0.914. The number of rotatable bonds is 4. The van der Waals surface area contributed by atoms with Crippen LogP contribution in [0.1, 0.15) is 16.7 Å². The lowest BCUT2D eigenvalue weighted by atomic mass is 10.1. The lowest BCUT2D eigenvalue weighted by Crippen LogP contribution is -2.14. The van der Waals surface area contributed by atoms with E-state index in [2.05, 4.69) is 9.47 Å². The first kappa shape index (κ1) is 28.5. The summed E-state index contributed by atoms with van der Waals surface area (Å²) in [5, 5.41) is 0. The first-order valence-electron chi connectivity index (χ1n) is 9.49. The van der Waals surface area contributed by atoms with E-state index in [0.29, 0.717) is 0 Å². The van der Waals surface area contributed by atoms with Crippen molar-refractivity contribution in [1.29, 1.82) is 0 Å². The lowest BCUT2D eigenvalue weighted by molar-refractivity contribution is -0.140. The Balaban J connectivity index is 2.28. The molecule has 0 heterocycles. The van der Waals surface area contributed by atoms with Crippen molar-refractivity contribution >= 4 is 11.4 Å². The number of ether oxygens (including phenoxy) is 2. The average Bonchev–Trinajstić information content (AvgIpc) is 2.75. The van der Waals surface area contributed by atoms with Crippen LogP contribution in [-0.2, 0) is 18.5 Å². The molecule has 4 N–H and O–H groups in total. The highest BCUT2D eigenvalue weighted by Crippen LogP contribution is 2.48. The summed E-state index contributed by atoms with van der Waals surface area (Å²) in [4.78, 5) is 0. The Hall–Kier alpha value is -4.05. The van der Waals surface area contributed by atoms with Crippen molar-refractivity contribution in [2.75, 3.05) is 11.5 Å². The van der Waals surface area contributed by atoms with Crippen molar-refractivity contribution in [3.05, 3.63) is 70.3 Å². The molecule has 0 aliphatic carbocycles. The fraction of sp³-hybridized carbons (Fsp3) is 0.143. The average molecular weight is 568 g/mol. The number of halogens is 13. The van der Waals surface area contributed by atoms with Crippen molar-refractivity contribution < 1.29 is 66.5 Å². The first-order chi connectivity index (χ1) is 17.2. The van der Waals surface area contributed by atoms with Crippen LogP contribution < -0.4 is 20.9 Å². The standard InChI is InChI=1S/C21H9F13N2O2/c22-9-1-6(19(26,27)28)14(4-12(9)35)37-17-8(21(32,33)34)3-11(24)18(16(17)25)38-15-5-13(36)10(23)2-7(15)20(29,30)31/h1-5H,35-36H2. The van der Waals surface area contributed by atoms with Gasteiger partial charge in [0.05, 0.1) is 11.4 Å². The van der Waals surface area contributed by atoms with Gasteiger partial charge in [0, 0.05) is 12.1 Å². The summed E-state index contributed by atoms with van der Waals surface area (Å²) in [7, 11) is 0. The molecule has 0 saturated heterocycles. The molecule has 0 unspecified atom stereocenters. The third-order valence-corrected chi connectivity index (χ3v) is 4.67. The fourth-order valence-electron chi connectivity index (χ4n) is 2.96. The normalized spacial score (nSPS) is 12.6. The van der Waals surface area contributed by atoms with Crippen molar-refractivity contribution in [2.45, 2.75) is 18.5 Å². The van der Waals surface area contributed by atoms with Gasteiger partial charge in [-0.15, -0.1) is 0 Å². The maximum Gasteiger partial charge on any atom is 0.420 e. The van der Waals surface area contributed by atoms with Gasteiger partial charge in [-0.2, -0.15) is 43.9 Å². The number of alkyl halides is 9. The fourth-order valence-corrected chi connectivity index (χ4v) is 2.96. The van der Waals surface area contributed by atoms with Crippen LogP contribution in [0, 0.1) is 23.3 Å². The van der Waals surface area contributed by atoms with Gasteiger partial charge in [-0.3, -0.25) is 0 Å². The molecule has 0 saturated carbocycles. The zero-order valence-corrected chi connectivity index (χ0v) is 17.8. The highest BCUT2D eigenvalue weighted by Gasteiger charge is 2.42. The molecule has 3 aromatic carbocycles. The van der Waals surface area contributed by atoms with Crippen molar-refractivity contribution in [3.63, 3.8) is 0 Å². The van der Waals surface area contributed by atoms with Gasteiger partial charge >= 0.3 is 18.5 Å². The quantitative estimate of drug-likeness (QED) is 0.247. The highest BCUT2D eigenvalue weighted by atomic mass is 19.4. The maximum absolute atomic E-state index is 15.1. The molecule has 0 atom stereocenters. The molecule has 0 radical (unpaired) electrons. The van der Waals surface area contributed by atoms with Crippen LogP contribution in [0.15, 0.2) is 30.3 Å². The minimum atomic E-state index is -5.71. The van der Waals surface area contributed by atoms with Crippen LogP contribution in [-0.4, -0.2) is 0 Å². The van der Waals surface area contributed by atoms with E-state index in [1.165, 1.54) is 0 Å². The van der Waals surface area contributed by atoms with Gasteiger partial charge in [-0.25, -0.2) is 13.2 Å². The molecule has 0 bridgehead atoms. The van der Waals surface area contributed by atoms with Crippen LogP contribution in [0.5, 0.6) is 23.0 Å². The molecule has 206 valence electrons. The zero-order valence-electron chi connectivity index (χ0n) is 17.8. The Morgan fingerprint density at radius 3 is 1.18 bits per heavy atom. The Bertz CT molecular complexity index is 1400. The molecule has 0 aliphatic rings. The van der Waals surface area contributed by atoms with Gasteiger partial charge in [0.15, 0.2) is 11.6 Å². The Morgan fingerprint density at radius 1 is 0.474 bits per heavy atom. The summed E-state index contributed by atoms with van der Waals surface area (Å²) in [5.74, 6) is -15.7. The van der Waals surface area contributed by atoms with E-state index in [0.717, 1.165) is 0 Å². The third-order valence-electron chi connectivity index (χ3n) is 4.67. The molecule has 0 spiro atoms. The van der Waals surface area contributed by atoms with Crippen LogP contribution in [0.3, 0.4) is 0 Å². The Labute approximate surface area is 202 Å². The number of nitrogen functional groups attached to an aromatic ring is 2. The first-order valence-corrected chi connectivity index (χ1v) is 9.49. The minimum Gasteiger partial charge on any atom is -0.453 e. The second-order valence-electron chi connectivity index (χ2n) is 7.32. The van der Waals surface area contributed by atoms with Crippen LogP contribution in [0.4, 0.5) is 68.5 Å². The number of hydrogen-bond acceptors (Lipinski definition) is 4. The molecule has 3 rings (SSSR count). The zero-order chi connectivity index (χ0) is 29.0. The van der Waals surface area contributed by atoms with E-state index in [1.807, 2.05) is 0 Å². The minimum absolute atomic E-state index is 0.0457. The summed E-state index contributed by atoms with van der Waals surface area (Å²) < 4.78 is 186. The third kappa shape index (κ3) is 5.60. The monoisotopic (exact) mass is 568 g/mol. The van der Waals surface area contributed by atoms with Crippen LogP contribution in [0.25, 0.3) is 0 Å². The van der Waals surface area contributed by atoms with Gasteiger partial charge in [0.2, 0.25) is 11.6 Å². The van der Waals surface area contributed by atoms with Gasteiger partial charge in [-0.05, 0) is 18.2 Å². The van der Waals surface area contributed by atoms with Gasteiger partial charge < -0.3 is 20.9 Å². The summed E-state index contributed by atoms with van der Waals surface area (Å²) in [6.45, 7) is 0. The Morgan fingerprint density at radius 2 is 0.816 bits per heavy atom. The molecule has 0 aliphatic heterocycles. The second-order valence-corrected chi connectivity index (χ2v) is 7.32. The second kappa shape index (κ2) is 9.36. The maximum atomic E-state index is 15.1. The lowest BCUT2D eigenvalue weighted by Gasteiger charge is -2.21.